The van der Waals surface area contributed by atoms with Gasteiger partial charge in [0, 0.05) is 37.3 Å². The van der Waals surface area contributed by atoms with E-state index in [2.05, 4.69) is 23.8 Å². The topological polar surface area (TPSA) is 64.5 Å². The smallest absolute Gasteiger partial charge is 0.120 e. The van der Waals surface area contributed by atoms with Crippen LogP contribution in [0.2, 0.25) is 0 Å². The highest BCUT2D eigenvalue weighted by molar-refractivity contribution is 5.85. The molecular formula is C14H21ClN2O2. The summed E-state index contributed by atoms with van der Waals surface area (Å²) in [5.74, 6) is 0.361. The molecule has 4 N–H and O–H groups in total. The molecule has 0 fully saturated rings. The van der Waals surface area contributed by atoms with Crippen molar-refractivity contribution >= 4 is 12.4 Å². The van der Waals surface area contributed by atoms with E-state index in [4.69, 9.17) is 0 Å². The van der Waals surface area contributed by atoms with Crippen molar-refractivity contribution in [2.75, 3.05) is 13.1 Å². The molecular weight excluding hydrogens is 264 g/mol. The zero-order valence-electron chi connectivity index (χ0n) is 10.9. The van der Waals surface area contributed by atoms with E-state index in [-0.39, 0.29) is 23.9 Å². The Morgan fingerprint density at radius 3 is 1.58 bits per heavy atom. The molecule has 0 radical (unpaired) electrons. The highest BCUT2D eigenvalue weighted by Crippen LogP contribution is 2.27. The van der Waals surface area contributed by atoms with Crippen LogP contribution >= 0.6 is 12.4 Å². The number of halogens is 1. The molecule has 19 heavy (non-hydrogen) atoms. The van der Waals surface area contributed by atoms with Crippen LogP contribution in [-0.2, 0) is 13.1 Å². The Morgan fingerprint density at radius 1 is 0.895 bits per heavy atom. The number of hydrogen-bond donors (Lipinski definition) is 4. The molecule has 1 aromatic rings. The average Bonchev–Trinajstić information content (AvgIpc) is 2.35. The minimum absolute atomic E-state index is 0. The monoisotopic (exact) mass is 284 g/mol. The fourth-order valence-electron chi connectivity index (χ4n) is 1.56. The fourth-order valence-corrected chi connectivity index (χ4v) is 1.56. The van der Waals surface area contributed by atoms with E-state index in [0.717, 1.165) is 0 Å². The van der Waals surface area contributed by atoms with Crippen molar-refractivity contribution in [1.82, 2.24) is 10.6 Å². The molecule has 0 aromatic heterocycles. The van der Waals surface area contributed by atoms with Crippen molar-refractivity contribution < 1.29 is 10.2 Å². The Hall–Kier alpha value is -1.49. The van der Waals surface area contributed by atoms with Gasteiger partial charge in [-0.15, -0.1) is 25.6 Å². The minimum atomic E-state index is 0. The van der Waals surface area contributed by atoms with E-state index < -0.39 is 0 Å². The van der Waals surface area contributed by atoms with Gasteiger partial charge in [-0.25, -0.2) is 0 Å². The summed E-state index contributed by atoms with van der Waals surface area (Å²) in [6.07, 6.45) is 3.48. The van der Waals surface area contributed by atoms with Crippen molar-refractivity contribution in [3.8, 4) is 11.5 Å². The summed E-state index contributed by atoms with van der Waals surface area (Å²) in [6.45, 7) is 9.49. The first kappa shape index (κ1) is 17.5. The van der Waals surface area contributed by atoms with E-state index >= 15 is 0 Å². The second kappa shape index (κ2) is 9.44. The Morgan fingerprint density at radius 2 is 1.26 bits per heavy atom. The molecule has 0 spiro atoms. The summed E-state index contributed by atoms with van der Waals surface area (Å²) in [6, 6.07) is 3.16. The highest BCUT2D eigenvalue weighted by atomic mass is 35.5. The van der Waals surface area contributed by atoms with Crippen LogP contribution in [0.3, 0.4) is 0 Å². The number of phenolic OH excluding ortho intramolecular Hbond substituents is 2. The zero-order valence-corrected chi connectivity index (χ0v) is 11.7. The zero-order chi connectivity index (χ0) is 13.4. The highest BCUT2D eigenvalue weighted by Gasteiger charge is 2.07. The van der Waals surface area contributed by atoms with Crippen LogP contribution in [0.25, 0.3) is 0 Å². The first-order valence-corrected chi connectivity index (χ1v) is 5.86. The molecule has 0 heterocycles. The molecule has 5 heteroatoms. The molecule has 0 bridgehead atoms. The molecule has 0 aliphatic heterocycles. The van der Waals surface area contributed by atoms with Crippen LogP contribution in [0, 0.1) is 0 Å². The van der Waals surface area contributed by atoms with Gasteiger partial charge in [0.1, 0.15) is 11.5 Å². The van der Waals surface area contributed by atoms with Gasteiger partial charge in [0.05, 0.1) is 0 Å². The van der Waals surface area contributed by atoms with Crippen LogP contribution in [0.15, 0.2) is 37.4 Å². The summed E-state index contributed by atoms with van der Waals surface area (Å²) in [4.78, 5) is 0. The Kier molecular flexibility index (Phi) is 8.70. The number of hydrogen-bond acceptors (Lipinski definition) is 4. The molecule has 0 unspecified atom stereocenters. The first-order valence-electron chi connectivity index (χ1n) is 5.86. The third-order valence-electron chi connectivity index (χ3n) is 2.49. The molecule has 0 aliphatic carbocycles. The lowest BCUT2D eigenvalue weighted by molar-refractivity contribution is 0.445. The fraction of sp³-hybridized carbons (Fsp3) is 0.286. The summed E-state index contributed by atoms with van der Waals surface area (Å²) < 4.78 is 0. The lowest BCUT2D eigenvalue weighted by Gasteiger charge is -2.10. The summed E-state index contributed by atoms with van der Waals surface area (Å²) >= 11 is 0. The van der Waals surface area contributed by atoms with Gasteiger partial charge >= 0.3 is 0 Å². The second-order valence-electron chi connectivity index (χ2n) is 3.95. The first-order chi connectivity index (χ1) is 8.69. The van der Waals surface area contributed by atoms with Crippen molar-refractivity contribution in [3.63, 3.8) is 0 Å². The molecule has 1 rings (SSSR count). The number of phenols is 2. The van der Waals surface area contributed by atoms with Crippen LogP contribution in [-0.4, -0.2) is 23.3 Å². The number of rotatable bonds is 8. The van der Waals surface area contributed by atoms with Gasteiger partial charge in [0.15, 0.2) is 0 Å². The normalized spacial score (nSPS) is 9.68. The van der Waals surface area contributed by atoms with Gasteiger partial charge in [0.2, 0.25) is 0 Å². The van der Waals surface area contributed by atoms with E-state index in [1.807, 2.05) is 0 Å². The third-order valence-corrected chi connectivity index (χ3v) is 2.49. The Bertz CT molecular complexity index is 382. The summed E-state index contributed by atoms with van der Waals surface area (Å²) in [5.41, 5.74) is 1.34. The lowest BCUT2D eigenvalue weighted by atomic mass is 10.1. The van der Waals surface area contributed by atoms with Crippen LogP contribution in [0.1, 0.15) is 11.1 Å². The molecule has 1 aromatic carbocycles. The Labute approximate surface area is 120 Å². The van der Waals surface area contributed by atoms with E-state index in [9.17, 15) is 10.2 Å². The van der Waals surface area contributed by atoms with Crippen molar-refractivity contribution in [2.45, 2.75) is 13.1 Å². The molecule has 0 amide bonds. The SMILES string of the molecule is C=CCNCc1cc(O)c(CNCC=C)cc1O.Cl. The maximum atomic E-state index is 9.85. The van der Waals surface area contributed by atoms with E-state index in [0.29, 0.717) is 37.3 Å². The van der Waals surface area contributed by atoms with Crippen LogP contribution in [0.4, 0.5) is 0 Å². The predicted molar refractivity (Wildman–Crippen MR) is 80.8 cm³/mol. The van der Waals surface area contributed by atoms with Crippen LogP contribution in [0.5, 0.6) is 11.5 Å². The Balaban J connectivity index is 0.00000324. The molecule has 0 saturated heterocycles. The number of benzene rings is 1. The molecule has 0 atom stereocenters. The number of nitrogens with one attached hydrogen (secondary N) is 2. The van der Waals surface area contributed by atoms with E-state index in [1.165, 1.54) is 0 Å². The maximum absolute atomic E-state index is 9.85. The average molecular weight is 285 g/mol. The molecule has 106 valence electrons. The van der Waals surface area contributed by atoms with Crippen molar-refractivity contribution in [2.24, 2.45) is 0 Å². The number of aromatic hydroxyl groups is 2. The second-order valence-corrected chi connectivity index (χ2v) is 3.95. The van der Waals surface area contributed by atoms with Gasteiger partial charge in [-0.05, 0) is 12.1 Å². The third kappa shape index (κ3) is 5.79. The lowest BCUT2D eigenvalue weighted by Crippen LogP contribution is -2.14. The summed E-state index contributed by atoms with van der Waals surface area (Å²) in [7, 11) is 0. The van der Waals surface area contributed by atoms with E-state index in [1.54, 1.807) is 24.3 Å². The standard InChI is InChI=1S/C14H20N2O2.ClH/c1-3-5-15-9-11-7-14(18)12(8-13(11)17)10-16-6-4-2;/h3-4,7-8,15-18H,1-2,5-6,9-10H2;1H. The van der Waals surface area contributed by atoms with Gasteiger partial charge < -0.3 is 20.8 Å². The van der Waals surface area contributed by atoms with Crippen molar-refractivity contribution in [1.29, 1.82) is 0 Å². The van der Waals surface area contributed by atoms with Gasteiger partial charge in [0.25, 0.3) is 0 Å². The quantitative estimate of drug-likeness (QED) is 0.335. The van der Waals surface area contributed by atoms with Gasteiger partial charge in [-0.2, -0.15) is 0 Å². The van der Waals surface area contributed by atoms with Gasteiger partial charge in [-0.3, -0.25) is 0 Å². The predicted octanol–water partition coefficient (Wildman–Crippen LogP) is 2.07. The van der Waals surface area contributed by atoms with Crippen LogP contribution < -0.4 is 10.6 Å². The minimum Gasteiger partial charge on any atom is -0.508 e. The molecule has 4 nitrogen and oxygen atoms in total. The maximum Gasteiger partial charge on any atom is 0.120 e. The largest absolute Gasteiger partial charge is 0.508 e. The van der Waals surface area contributed by atoms with Gasteiger partial charge in [-0.1, -0.05) is 12.2 Å². The molecule has 0 aliphatic rings. The molecule has 0 saturated carbocycles. The van der Waals surface area contributed by atoms with Crippen molar-refractivity contribution in [3.05, 3.63) is 48.6 Å². The summed E-state index contributed by atoms with van der Waals surface area (Å²) in [5, 5.41) is 25.8.